The van der Waals surface area contributed by atoms with Crippen molar-refractivity contribution in [3.8, 4) is 22.9 Å². The van der Waals surface area contributed by atoms with Crippen molar-refractivity contribution in [1.82, 2.24) is 15.0 Å². The Hall–Kier alpha value is -3.97. The van der Waals surface area contributed by atoms with Gasteiger partial charge in [-0.1, -0.05) is 59.3 Å². The van der Waals surface area contributed by atoms with Crippen molar-refractivity contribution in [3.05, 3.63) is 90.3 Å². The highest BCUT2D eigenvalue weighted by molar-refractivity contribution is 5.94. The standard InChI is InChI=1S/C28H28N4O3/c1-20-8-7-9-22(18-20)27-30-26(35-31-27)19-32-16-14-21(15-17-32)28(33)29-24-12-5-6-13-25(24)34-23-10-3-2-4-11-23/h2-13,18,21H,14-17,19H2,1H3,(H,29,33). The SMILES string of the molecule is Cc1cccc(-c2noc(CN3CCC(C(=O)Nc4ccccc4Oc4ccccc4)CC3)n2)c1. The fourth-order valence-electron chi connectivity index (χ4n) is 4.27. The first kappa shape index (κ1) is 22.8. The monoisotopic (exact) mass is 468 g/mol. The van der Waals surface area contributed by atoms with Crippen molar-refractivity contribution >= 4 is 11.6 Å². The van der Waals surface area contributed by atoms with Crippen LogP contribution in [0, 0.1) is 12.8 Å². The number of aryl methyl sites for hydroxylation is 1. The molecule has 0 aliphatic carbocycles. The van der Waals surface area contributed by atoms with Gasteiger partial charge in [0.2, 0.25) is 17.6 Å². The normalized spacial score (nSPS) is 14.5. The second-order valence-electron chi connectivity index (χ2n) is 8.83. The van der Waals surface area contributed by atoms with E-state index >= 15 is 0 Å². The van der Waals surface area contributed by atoms with E-state index in [4.69, 9.17) is 9.26 Å². The Morgan fingerprint density at radius 3 is 2.60 bits per heavy atom. The minimum absolute atomic E-state index is 0.0216. The van der Waals surface area contributed by atoms with Gasteiger partial charge in [0, 0.05) is 11.5 Å². The van der Waals surface area contributed by atoms with E-state index in [2.05, 4.69) is 20.4 Å². The summed E-state index contributed by atoms with van der Waals surface area (Å²) in [4.78, 5) is 19.8. The van der Waals surface area contributed by atoms with E-state index < -0.39 is 0 Å². The summed E-state index contributed by atoms with van der Waals surface area (Å²) in [6, 6.07) is 25.1. The maximum absolute atomic E-state index is 13.0. The average Bonchev–Trinajstić information content (AvgIpc) is 3.35. The summed E-state index contributed by atoms with van der Waals surface area (Å²) < 4.78 is 11.5. The smallest absolute Gasteiger partial charge is 0.241 e. The van der Waals surface area contributed by atoms with Crippen molar-refractivity contribution in [3.63, 3.8) is 0 Å². The fourth-order valence-corrected chi connectivity index (χ4v) is 4.27. The molecule has 1 aromatic heterocycles. The van der Waals surface area contributed by atoms with Gasteiger partial charge in [0.05, 0.1) is 12.2 Å². The summed E-state index contributed by atoms with van der Waals surface area (Å²) in [5, 5.41) is 7.20. The van der Waals surface area contributed by atoms with Crippen molar-refractivity contribution in [1.29, 1.82) is 0 Å². The number of likely N-dealkylation sites (tertiary alicyclic amines) is 1. The zero-order chi connectivity index (χ0) is 24.0. The molecule has 35 heavy (non-hydrogen) atoms. The largest absolute Gasteiger partial charge is 0.455 e. The van der Waals surface area contributed by atoms with E-state index in [1.807, 2.05) is 85.8 Å². The topological polar surface area (TPSA) is 80.5 Å². The molecule has 1 N–H and O–H groups in total. The van der Waals surface area contributed by atoms with Crippen LogP contribution in [0.15, 0.2) is 83.4 Å². The van der Waals surface area contributed by atoms with E-state index in [0.29, 0.717) is 29.7 Å². The summed E-state index contributed by atoms with van der Waals surface area (Å²) in [6.07, 6.45) is 1.54. The van der Waals surface area contributed by atoms with Gasteiger partial charge in [-0.15, -0.1) is 0 Å². The second-order valence-corrected chi connectivity index (χ2v) is 8.83. The van der Waals surface area contributed by atoms with Crippen molar-refractivity contribution in [2.24, 2.45) is 5.92 Å². The number of anilines is 1. The van der Waals surface area contributed by atoms with E-state index in [-0.39, 0.29) is 11.8 Å². The van der Waals surface area contributed by atoms with Crippen LogP contribution in [0.4, 0.5) is 5.69 Å². The molecule has 2 heterocycles. The summed E-state index contributed by atoms with van der Waals surface area (Å²) in [5.74, 6) is 2.53. The Balaban J connectivity index is 1.15. The number of carbonyl (C=O) groups excluding carboxylic acids is 1. The molecule has 1 amide bonds. The number of carbonyl (C=O) groups is 1. The lowest BCUT2D eigenvalue weighted by molar-refractivity contribution is -0.121. The molecular weight excluding hydrogens is 440 g/mol. The number of nitrogens with zero attached hydrogens (tertiary/aromatic N) is 3. The number of amides is 1. The van der Waals surface area contributed by atoms with Gasteiger partial charge >= 0.3 is 0 Å². The van der Waals surface area contributed by atoms with E-state index in [0.717, 1.165) is 42.8 Å². The first-order valence-electron chi connectivity index (χ1n) is 11.9. The van der Waals surface area contributed by atoms with Crippen LogP contribution < -0.4 is 10.1 Å². The van der Waals surface area contributed by atoms with Crippen molar-refractivity contribution in [2.45, 2.75) is 26.3 Å². The molecule has 0 spiro atoms. The van der Waals surface area contributed by atoms with Crippen LogP contribution in [0.25, 0.3) is 11.4 Å². The summed E-state index contributed by atoms with van der Waals surface area (Å²) in [7, 11) is 0. The van der Waals surface area contributed by atoms with Crippen LogP contribution in [-0.2, 0) is 11.3 Å². The zero-order valence-corrected chi connectivity index (χ0v) is 19.7. The van der Waals surface area contributed by atoms with Crippen LogP contribution >= 0.6 is 0 Å². The van der Waals surface area contributed by atoms with E-state index in [1.165, 1.54) is 0 Å². The summed E-state index contributed by atoms with van der Waals surface area (Å²) in [6.45, 7) is 4.21. The van der Waals surface area contributed by atoms with Gasteiger partial charge in [-0.25, -0.2) is 0 Å². The Labute approximate surface area is 204 Å². The second kappa shape index (κ2) is 10.5. The molecule has 7 heteroatoms. The van der Waals surface area contributed by atoms with Gasteiger partial charge in [0.25, 0.3) is 0 Å². The fraction of sp³-hybridized carbons (Fsp3) is 0.250. The third-order valence-electron chi connectivity index (χ3n) is 6.18. The number of nitrogens with one attached hydrogen (secondary N) is 1. The molecule has 178 valence electrons. The van der Waals surface area contributed by atoms with Gasteiger partial charge in [-0.2, -0.15) is 4.98 Å². The Bertz CT molecular complexity index is 1280. The number of piperidine rings is 1. The van der Waals surface area contributed by atoms with Gasteiger partial charge in [0.15, 0.2) is 5.75 Å². The maximum atomic E-state index is 13.0. The third kappa shape index (κ3) is 5.75. The molecule has 1 aliphatic rings. The molecule has 0 atom stereocenters. The van der Waals surface area contributed by atoms with Crippen LogP contribution in [0.2, 0.25) is 0 Å². The predicted molar refractivity (Wildman–Crippen MR) is 134 cm³/mol. The minimum atomic E-state index is -0.0541. The van der Waals surface area contributed by atoms with Crippen LogP contribution in [0.1, 0.15) is 24.3 Å². The van der Waals surface area contributed by atoms with Crippen molar-refractivity contribution < 1.29 is 14.1 Å². The highest BCUT2D eigenvalue weighted by Crippen LogP contribution is 2.30. The molecule has 0 radical (unpaired) electrons. The molecule has 7 nitrogen and oxygen atoms in total. The molecule has 1 saturated heterocycles. The first-order valence-corrected chi connectivity index (χ1v) is 11.9. The Kier molecular flexibility index (Phi) is 6.86. The number of para-hydroxylation sites is 3. The molecule has 4 aromatic rings. The van der Waals surface area contributed by atoms with E-state index in [9.17, 15) is 4.79 Å². The lowest BCUT2D eigenvalue weighted by Gasteiger charge is -2.30. The van der Waals surface area contributed by atoms with Crippen molar-refractivity contribution in [2.75, 3.05) is 18.4 Å². The van der Waals surface area contributed by atoms with Gasteiger partial charge in [0.1, 0.15) is 5.75 Å². The zero-order valence-electron chi connectivity index (χ0n) is 19.7. The van der Waals surface area contributed by atoms with Gasteiger partial charge in [-0.3, -0.25) is 9.69 Å². The summed E-state index contributed by atoms with van der Waals surface area (Å²) >= 11 is 0. The number of ether oxygens (including phenoxy) is 1. The molecule has 0 saturated carbocycles. The number of hydrogen-bond donors (Lipinski definition) is 1. The lowest BCUT2D eigenvalue weighted by atomic mass is 9.96. The van der Waals surface area contributed by atoms with Crippen LogP contribution in [0.5, 0.6) is 11.5 Å². The molecule has 0 bridgehead atoms. The molecule has 3 aromatic carbocycles. The first-order chi connectivity index (χ1) is 17.1. The number of aromatic nitrogens is 2. The number of rotatable bonds is 7. The molecule has 5 rings (SSSR count). The predicted octanol–water partition coefficient (Wildman–Crippen LogP) is 5.69. The molecule has 0 unspecified atom stereocenters. The Morgan fingerprint density at radius 1 is 1.03 bits per heavy atom. The third-order valence-corrected chi connectivity index (χ3v) is 6.18. The van der Waals surface area contributed by atoms with Gasteiger partial charge < -0.3 is 14.6 Å². The highest BCUT2D eigenvalue weighted by atomic mass is 16.5. The van der Waals surface area contributed by atoms with Gasteiger partial charge in [-0.05, 0) is 63.2 Å². The molecular formula is C28H28N4O3. The number of benzene rings is 3. The number of hydrogen-bond acceptors (Lipinski definition) is 6. The quantitative estimate of drug-likeness (QED) is 0.375. The lowest BCUT2D eigenvalue weighted by Crippen LogP contribution is -2.37. The summed E-state index contributed by atoms with van der Waals surface area (Å²) in [5.41, 5.74) is 2.79. The highest BCUT2D eigenvalue weighted by Gasteiger charge is 2.26. The van der Waals surface area contributed by atoms with E-state index in [1.54, 1.807) is 0 Å². The van der Waals surface area contributed by atoms with Crippen LogP contribution in [-0.4, -0.2) is 34.0 Å². The minimum Gasteiger partial charge on any atom is -0.455 e. The average molecular weight is 469 g/mol. The molecule has 1 aliphatic heterocycles. The maximum Gasteiger partial charge on any atom is 0.241 e. The van der Waals surface area contributed by atoms with Crippen LogP contribution in [0.3, 0.4) is 0 Å². The Morgan fingerprint density at radius 2 is 1.80 bits per heavy atom. The molecule has 1 fully saturated rings.